The maximum absolute atomic E-state index is 13.4. The normalized spacial score (nSPS) is 13.7. The van der Waals surface area contributed by atoms with E-state index in [4.69, 9.17) is 11.5 Å². The Labute approximate surface area is 242 Å². The number of hydrogen-bond donors (Lipinski definition) is 7. The van der Waals surface area contributed by atoms with E-state index < -0.39 is 53.8 Å². The number of carboxylic acids is 1. The highest BCUT2D eigenvalue weighted by Gasteiger charge is 2.31. The molecule has 4 amide bonds. The molecule has 2 aromatic carbocycles. The van der Waals surface area contributed by atoms with Gasteiger partial charge in [0.15, 0.2) is 0 Å². The van der Waals surface area contributed by atoms with Crippen LogP contribution >= 0.6 is 11.8 Å². The molecule has 0 bridgehead atoms. The zero-order valence-corrected chi connectivity index (χ0v) is 23.6. The summed E-state index contributed by atoms with van der Waals surface area (Å²) in [7, 11) is 0. The van der Waals surface area contributed by atoms with Crippen LogP contribution in [0.4, 0.5) is 0 Å². The van der Waals surface area contributed by atoms with Gasteiger partial charge in [-0.25, -0.2) is 4.79 Å². The van der Waals surface area contributed by atoms with E-state index >= 15 is 0 Å². The van der Waals surface area contributed by atoms with Gasteiger partial charge in [0.2, 0.25) is 23.6 Å². The summed E-state index contributed by atoms with van der Waals surface area (Å²) < 4.78 is 0. The number of hydrogen-bond acceptors (Lipinski definition) is 8. The number of primary amides is 1. The number of phenolic OH excluding ortho intramolecular Hbond substituents is 1. The molecule has 0 saturated carbocycles. The SMILES string of the molecule is CSCCC(N)C(=O)NC(Cc1ccc(O)cc1)C(=O)NC(CCC(N)=O)C(=O)NC(Cc1ccccc1)C(=O)O. The third-order valence-electron chi connectivity index (χ3n) is 6.19. The lowest BCUT2D eigenvalue weighted by molar-refractivity contribution is -0.142. The predicted molar refractivity (Wildman–Crippen MR) is 155 cm³/mol. The van der Waals surface area contributed by atoms with Gasteiger partial charge in [0.1, 0.15) is 23.9 Å². The van der Waals surface area contributed by atoms with Crippen LogP contribution in [0.2, 0.25) is 0 Å². The zero-order chi connectivity index (χ0) is 30.4. The van der Waals surface area contributed by atoms with E-state index in [1.165, 1.54) is 23.9 Å². The summed E-state index contributed by atoms with van der Waals surface area (Å²) in [4.78, 5) is 62.7. The minimum absolute atomic E-state index is 0.00299. The van der Waals surface area contributed by atoms with Crippen LogP contribution in [0.25, 0.3) is 0 Å². The third-order valence-corrected chi connectivity index (χ3v) is 6.83. The van der Waals surface area contributed by atoms with Crippen LogP contribution in [-0.4, -0.2) is 76.0 Å². The molecular formula is C28H37N5O7S. The Hall–Kier alpha value is -4.10. The van der Waals surface area contributed by atoms with Gasteiger partial charge in [-0.15, -0.1) is 0 Å². The van der Waals surface area contributed by atoms with Crippen molar-refractivity contribution in [2.45, 2.75) is 56.3 Å². The highest BCUT2D eigenvalue weighted by molar-refractivity contribution is 7.98. The molecule has 0 aliphatic heterocycles. The van der Waals surface area contributed by atoms with Crippen LogP contribution in [0.1, 0.15) is 30.4 Å². The molecule has 0 radical (unpaired) electrons. The Morgan fingerprint density at radius 1 is 0.780 bits per heavy atom. The third kappa shape index (κ3) is 11.9. The minimum atomic E-state index is -1.32. The molecule has 13 heteroatoms. The lowest BCUT2D eigenvalue weighted by Gasteiger charge is -2.25. The second kappa shape index (κ2) is 16.9. The smallest absolute Gasteiger partial charge is 0.326 e. The molecule has 0 aliphatic carbocycles. The van der Waals surface area contributed by atoms with Gasteiger partial charge in [-0.3, -0.25) is 19.2 Å². The molecule has 0 heterocycles. The average Bonchev–Trinajstić information content (AvgIpc) is 2.94. The van der Waals surface area contributed by atoms with Gasteiger partial charge in [-0.05, 0) is 48.1 Å². The number of nitrogens with one attached hydrogen (secondary N) is 3. The molecule has 0 fully saturated rings. The van der Waals surface area contributed by atoms with Crippen LogP contribution in [0, 0.1) is 0 Å². The molecular weight excluding hydrogens is 550 g/mol. The molecule has 0 spiro atoms. The summed E-state index contributed by atoms with van der Waals surface area (Å²) in [5.74, 6) is -3.48. The zero-order valence-electron chi connectivity index (χ0n) is 22.7. The average molecular weight is 588 g/mol. The molecule has 0 aromatic heterocycles. The summed E-state index contributed by atoms with van der Waals surface area (Å²) in [6.07, 6.45) is 1.79. The van der Waals surface area contributed by atoms with Crippen molar-refractivity contribution >= 4 is 41.4 Å². The van der Waals surface area contributed by atoms with Gasteiger partial charge in [-0.1, -0.05) is 42.5 Å². The first-order valence-corrected chi connectivity index (χ1v) is 14.4. The van der Waals surface area contributed by atoms with E-state index in [2.05, 4.69) is 16.0 Å². The number of carbonyl (C=O) groups excluding carboxylic acids is 4. The van der Waals surface area contributed by atoms with Crippen molar-refractivity contribution in [2.24, 2.45) is 11.5 Å². The molecule has 0 saturated heterocycles. The van der Waals surface area contributed by atoms with Crippen molar-refractivity contribution in [3.8, 4) is 5.75 Å². The number of aliphatic carboxylic acids is 1. The fourth-order valence-corrected chi connectivity index (χ4v) is 4.37. The number of thioether (sulfide) groups is 1. The van der Waals surface area contributed by atoms with E-state index in [0.717, 1.165) is 0 Å². The Bertz CT molecular complexity index is 1180. The largest absolute Gasteiger partial charge is 0.508 e. The van der Waals surface area contributed by atoms with Crippen LogP contribution in [0.3, 0.4) is 0 Å². The number of carbonyl (C=O) groups is 5. The second-order valence-electron chi connectivity index (χ2n) is 9.48. The van der Waals surface area contributed by atoms with Crippen LogP contribution in [0.15, 0.2) is 54.6 Å². The number of rotatable bonds is 17. The van der Waals surface area contributed by atoms with Crippen molar-refractivity contribution in [3.63, 3.8) is 0 Å². The Balaban J connectivity index is 2.24. The van der Waals surface area contributed by atoms with Crippen LogP contribution in [0.5, 0.6) is 5.75 Å². The maximum atomic E-state index is 13.4. The van der Waals surface area contributed by atoms with E-state index in [-0.39, 0.29) is 31.4 Å². The number of aromatic hydroxyl groups is 1. The fraction of sp³-hybridized carbons (Fsp3) is 0.393. The molecule has 9 N–H and O–H groups in total. The van der Waals surface area contributed by atoms with Crippen LogP contribution < -0.4 is 27.4 Å². The van der Waals surface area contributed by atoms with Crippen LogP contribution in [-0.2, 0) is 36.8 Å². The lowest BCUT2D eigenvalue weighted by atomic mass is 10.0. The standard InChI is InChI=1S/C28H37N5O7S/c1-41-14-13-20(29)25(36)32-22(15-18-7-9-19(34)10-8-18)27(38)31-21(11-12-24(30)35)26(37)33-23(28(39)40)16-17-5-3-2-4-6-17/h2-10,20-23,34H,11-16,29H2,1H3,(H2,30,35)(H,31,38)(H,32,36)(H,33,37)(H,39,40). The van der Waals surface area contributed by atoms with E-state index in [9.17, 15) is 34.2 Å². The summed E-state index contributed by atoms with van der Waals surface area (Å²) >= 11 is 1.52. The molecule has 12 nitrogen and oxygen atoms in total. The summed E-state index contributed by atoms with van der Waals surface area (Å²) in [6, 6.07) is 10.0. The van der Waals surface area contributed by atoms with Gasteiger partial charge in [-0.2, -0.15) is 11.8 Å². The first-order valence-electron chi connectivity index (χ1n) is 13.0. The number of amides is 4. The van der Waals surface area contributed by atoms with Gasteiger partial charge in [0.25, 0.3) is 0 Å². The molecule has 0 aliphatic rings. The van der Waals surface area contributed by atoms with Crippen molar-refractivity contribution in [1.29, 1.82) is 0 Å². The topological polar surface area (TPSA) is 214 Å². The highest BCUT2D eigenvalue weighted by atomic mass is 32.2. The summed E-state index contributed by atoms with van der Waals surface area (Å²) in [5.41, 5.74) is 12.5. The van der Waals surface area contributed by atoms with Crippen molar-refractivity contribution < 1.29 is 34.2 Å². The van der Waals surface area contributed by atoms with Crippen molar-refractivity contribution in [3.05, 3.63) is 65.7 Å². The Morgan fingerprint density at radius 2 is 1.32 bits per heavy atom. The quantitative estimate of drug-likeness (QED) is 0.133. The molecule has 4 atom stereocenters. The van der Waals surface area contributed by atoms with E-state index in [0.29, 0.717) is 23.3 Å². The fourth-order valence-electron chi connectivity index (χ4n) is 3.88. The highest BCUT2D eigenvalue weighted by Crippen LogP contribution is 2.13. The predicted octanol–water partition coefficient (Wildman–Crippen LogP) is 0.0623. The minimum Gasteiger partial charge on any atom is -0.508 e. The summed E-state index contributed by atoms with van der Waals surface area (Å²) in [5, 5.41) is 26.9. The molecule has 2 aromatic rings. The number of benzene rings is 2. The number of nitrogens with two attached hydrogens (primary N) is 2. The number of carboxylic acid groups (broad SMARTS) is 1. The van der Waals surface area contributed by atoms with Crippen molar-refractivity contribution in [2.75, 3.05) is 12.0 Å². The van der Waals surface area contributed by atoms with Gasteiger partial charge >= 0.3 is 5.97 Å². The van der Waals surface area contributed by atoms with Crippen molar-refractivity contribution in [1.82, 2.24) is 16.0 Å². The monoisotopic (exact) mass is 587 g/mol. The second-order valence-corrected chi connectivity index (χ2v) is 10.5. The first kappa shape index (κ1) is 33.1. The molecule has 41 heavy (non-hydrogen) atoms. The van der Waals surface area contributed by atoms with E-state index in [1.54, 1.807) is 42.5 Å². The van der Waals surface area contributed by atoms with E-state index in [1.807, 2.05) is 6.26 Å². The maximum Gasteiger partial charge on any atom is 0.326 e. The van der Waals surface area contributed by atoms with Gasteiger partial charge in [0.05, 0.1) is 6.04 Å². The summed E-state index contributed by atoms with van der Waals surface area (Å²) in [6.45, 7) is 0. The first-order chi connectivity index (χ1) is 19.5. The molecule has 2 rings (SSSR count). The number of phenols is 1. The Morgan fingerprint density at radius 3 is 1.90 bits per heavy atom. The Kier molecular flexibility index (Phi) is 13.6. The lowest BCUT2D eigenvalue weighted by Crippen LogP contribution is -2.58. The molecule has 222 valence electrons. The molecule has 4 unspecified atom stereocenters. The van der Waals surface area contributed by atoms with Gasteiger partial charge in [0, 0.05) is 19.3 Å². The van der Waals surface area contributed by atoms with Gasteiger partial charge < -0.3 is 37.6 Å².